The van der Waals surface area contributed by atoms with Crippen LogP contribution in [0.1, 0.15) is 32.6 Å². The van der Waals surface area contributed by atoms with Crippen LogP contribution < -0.4 is 10.6 Å². The second-order valence-electron chi connectivity index (χ2n) is 3.29. The van der Waals surface area contributed by atoms with Crippen LogP contribution in [0, 0.1) is 0 Å². The van der Waals surface area contributed by atoms with Crippen molar-refractivity contribution in [1.29, 1.82) is 0 Å². The number of carbonyl (C=O) groups excluding carboxylic acids is 1. The summed E-state index contributed by atoms with van der Waals surface area (Å²) in [6.45, 7) is 3.37. The van der Waals surface area contributed by atoms with Gasteiger partial charge in [-0.15, -0.1) is 0 Å². The molecule has 0 atom stereocenters. The van der Waals surface area contributed by atoms with E-state index in [-0.39, 0.29) is 6.03 Å². The van der Waals surface area contributed by atoms with Crippen LogP contribution in [0.4, 0.5) is 4.79 Å². The van der Waals surface area contributed by atoms with Crippen molar-refractivity contribution in [2.24, 2.45) is 0 Å². The van der Waals surface area contributed by atoms with Crippen LogP contribution >= 0.6 is 0 Å². The monoisotopic (exact) mass is 182 g/mol. The molecular weight excluding hydrogens is 164 g/mol. The second-order valence-corrected chi connectivity index (χ2v) is 3.29. The molecule has 13 heavy (non-hydrogen) atoms. The van der Waals surface area contributed by atoms with Crippen LogP contribution in [0.25, 0.3) is 0 Å². The summed E-state index contributed by atoms with van der Waals surface area (Å²) in [6, 6.07) is -0.0545. The fourth-order valence-electron chi connectivity index (χ4n) is 1.52. The van der Waals surface area contributed by atoms with Crippen molar-refractivity contribution in [3.05, 3.63) is 11.6 Å². The molecule has 74 valence electrons. The minimum atomic E-state index is -0.0545. The number of urea groups is 1. The van der Waals surface area contributed by atoms with Gasteiger partial charge < -0.3 is 10.6 Å². The molecule has 0 unspecified atom stereocenters. The highest BCUT2D eigenvalue weighted by molar-refractivity contribution is 5.73. The third kappa shape index (κ3) is 3.97. The van der Waals surface area contributed by atoms with Crippen LogP contribution in [-0.4, -0.2) is 19.1 Å². The zero-order valence-corrected chi connectivity index (χ0v) is 8.23. The third-order valence-corrected chi connectivity index (χ3v) is 2.20. The maximum atomic E-state index is 11.0. The van der Waals surface area contributed by atoms with Gasteiger partial charge in [-0.05, 0) is 32.6 Å². The van der Waals surface area contributed by atoms with Crippen molar-refractivity contribution in [1.82, 2.24) is 10.6 Å². The molecule has 0 bridgehead atoms. The molecule has 0 saturated heterocycles. The Morgan fingerprint density at radius 1 is 1.54 bits per heavy atom. The number of nitrogens with one attached hydrogen (secondary N) is 2. The van der Waals surface area contributed by atoms with E-state index in [9.17, 15) is 4.79 Å². The quantitative estimate of drug-likeness (QED) is 0.640. The first kappa shape index (κ1) is 10.1. The van der Waals surface area contributed by atoms with E-state index in [1.54, 1.807) is 0 Å². The zero-order valence-electron chi connectivity index (χ0n) is 8.23. The predicted octanol–water partition coefficient (Wildman–Crippen LogP) is 1.81. The summed E-state index contributed by atoms with van der Waals surface area (Å²) in [5.74, 6) is 0. The molecule has 0 aromatic carbocycles. The van der Waals surface area contributed by atoms with Gasteiger partial charge in [-0.2, -0.15) is 0 Å². The SMILES string of the molecule is CCNC(=O)NCCC1=CCCC1. The van der Waals surface area contributed by atoms with E-state index in [1.165, 1.54) is 24.8 Å². The van der Waals surface area contributed by atoms with E-state index >= 15 is 0 Å². The highest BCUT2D eigenvalue weighted by atomic mass is 16.2. The van der Waals surface area contributed by atoms with Crippen molar-refractivity contribution in [3.63, 3.8) is 0 Å². The number of amides is 2. The van der Waals surface area contributed by atoms with Gasteiger partial charge in [0.05, 0.1) is 0 Å². The van der Waals surface area contributed by atoms with Gasteiger partial charge in [0.2, 0.25) is 0 Å². The summed E-state index contributed by atoms with van der Waals surface area (Å²) < 4.78 is 0. The predicted molar refractivity (Wildman–Crippen MR) is 53.6 cm³/mol. The summed E-state index contributed by atoms with van der Waals surface area (Å²) >= 11 is 0. The number of rotatable bonds is 4. The van der Waals surface area contributed by atoms with Gasteiger partial charge in [-0.25, -0.2) is 4.79 Å². The van der Waals surface area contributed by atoms with E-state index in [0.717, 1.165) is 13.0 Å². The second kappa shape index (κ2) is 5.62. The standard InChI is InChI=1S/C10H18N2O/c1-2-11-10(13)12-8-7-9-5-3-4-6-9/h5H,2-4,6-8H2,1H3,(H2,11,12,13). The van der Waals surface area contributed by atoms with Crippen molar-refractivity contribution >= 4 is 6.03 Å². The number of carbonyl (C=O) groups is 1. The van der Waals surface area contributed by atoms with E-state index in [4.69, 9.17) is 0 Å². The van der Waals surface area contributed by atoms with Gasteiger partial charge in [0.15, 0.2) is 0 Å². The Morgan fingerprint density at radius 2 is 2.38 bits per heavy atom. The van der Waals surface area contributed by atoms with Gasteiger partial charge in [0, 0.05) is 13.1 Å². The normalized spacial score (nSPS) is 15.3. The van der Waals surface area contributed by atoms with E-state index in [2.05, 4.69) is 16.7 Å². The molecule has 0 fully saturated rings. The van der Waals surface area contributed by atoms with Crippen LogP contribution in [-0.2, 0) is 0 Å². The minimum absolute atomic E-state index is 0.0545. The Morgan fingerprint density at radius 3 is 3.00 bits per heavy atom. The van der Waals surface area contributed by atoms with E-state index in [0.29, 0.717) is 6.54 Å². The average Bonchev–Trinajstić information content (AvgIpc) is 2.57. The Hall–Kier alpha value is -0.990. The van der Waals surface area contributed by atoms with Gasteiger partial charge in [-0.3, -0.25) is 0 Å². The van der Waals surface area contributed by atoms with Crippen molar-refractivity contribution in [3.8, 4) is 0 Å². The molecule has 1 aliphatic carbocycles. The molecule has 0 radical (unpaired) electrons. The Kier molecular flexibility index (Phi) is 4.36. The van der Waals surface area contributed by atoms with Gasteiger partial charge >= 0.3 is 6.03 Å². The third-order valence-electron chi connectivity index (χ3n) is 2.20. The Balaban J connectivity index is 2.03. The lowest BCUT2D eigenvalue weighted by Gasteiger charge is -2.05. The van der Waals surface area contributed by atoms with E-state index < -0.39 is 0 Å². The summed E-state index contributed by atoms with van der Waals surface area (Å²) in [5.41, 5.74) is 1.50. The molecule has 3 nitrogen and oxygen atoms in total. The Bertz CT molecular complexity index is 199. The average molecular weight is 182 g/mol. The number of allylic oxidation sites excluding steroid dienone is 1. The van der Waals surface area contributed by atoms with Gasteiger partial charge in [0.25, 0.3) is 0 Å². The topological polar surface area (TPSA) is 41.1 Å². The molecule has 0 spiro atoms. The van der Waals surface area contributed by atoms with Crippen LogP contribution in [0.2, 0.25) is 0 Å². The number of hydrogen-bond acceptors (Lipinski definition) is 1. The molecule has 1 rings (SSSR count). The molecule has 2 N–H and O–H groups in total. The fourth-order valence-corrected chi connectivity index (χ4v) is 1.52. The van der Waals surface area contributed by atoms with Gasteiger partial charge in [0.1, 0.15) is 0 Å². The fraction of sp³-hybridized carbons (Fsp3) is 0.700. The number of hydrogen-bond donors (Lipinski definition) is 2. The van der Waals surface area contributed by atoms with Gasteiger partial charge in [-0.1, -0.05) is 11.6 Å². The molecule has 0 saturated carbocycles. The van der Waals surface area contributed by atoms with Crippen molar-refractivity contribution in [2.45, 2.75) is 32.6 Å². The first-order valence-electron chi connectivity index (χ1n) is 5.02. The van der Waals surface area contributed by atoms with E-state index in [1.807, 2.05) is 6.92 Å². The highest BCUT2D eigenvalue weighted by Gasteiger charge is 2.04. The molecule has 0 aliphatic heterocycles. The van der Waals surface area contributed by atoms with Crippen molar-refractivity contribution in [2.75, 3.05) is 13.1 Å². The molecule has 2 amide bonds. The summed E-state index contributed by atoms with van der Waals surface area (Å²) in [7, 11) is 0. The lowest BCUT2D eigenvalue weighted by atomic mass is 10.2. The first-order chi connectivity index (χ1) is 6.33. The molecular formula is C10H18N2O. The van der Waals surface area contributed by atoms with Crippen LogP contribution in [0.3, 0.4) is 0 Å². The lowest BCUT2D eigenvalue weighted by Crippen LogP contribution is -2.35. The smallest absolute Gasteiger partial charge is 0.314 e. The summed E-state index contributed by atoms with van der Waals surface area (Å²) in [6.07, 6.45) is 7.03. The lowest BCUT2D eigenvalue weighted by molar-refractivity contribution is 0.241. The molecule has 0 aromatic rings. The summed E-state index contributed by atoms with van der Waals surface area (Å²) in [5, 5.41) is 5.52. The summed E-state index contributed by atoms with van der Waals surface area (Å²) in [4.78, 5) is 11.0. The highest BCUT2D eigenvalue weighted by Crippen LogP contribution is 2.19. The molecule has 1 aliphatic rings. The largest absolute Gasteiger partial charge is 0.338 e. The zero-order chi connectivity index (χ0) is 9.52. The molecule has 0 heterocycles. The first-order valence-corrected chi connectivity index (χ1v) is 5.02. The Labute approximate surface area is 79.6 Å². The molecule has 3 heteroatoms. The maximum absolute atomic E-state index is 11.0. The maximum Gasteiger partial charge on any atom is 0.314 e. The minimum Gasteiger partial charge on any atom is -0.338 e. The van der Waals surface area contributed by atoms with Crippen LogP contribution in [0.15, 0.2) is 11.6 Å². The molecule has 0 aromatic heterocycles. The van der Waals surface area contributed by atoms with Crippen LogP contribution in [0.5, 0.6) is 0 Å². The van der Waals surface area contributed by atoms with Crippen molar-refractivity contribution < 1.29 is 4.79 Å².